The van der Waals surface area contributed by atoms with Crippen molar-refractivity contribution in [3.63, 3.8) is 0 Å². The second kappa shape index (κ2) is 17.9. The quantitative estimate of drug-likeness (QED) is 0.0809. The topological polar surface area (TPSA) is 125 Å². The fraction of sp³-hybridized carbons (Fsp3) is 0.156. The van der Waals surface area contributed by atoms with Gasteiger partial charge in [0.05, 0.1) is 25.8 Å². The van der Waals surface area contributed by atoms with E-state index in [1.165, 1.54) is 28.3 Å². The first-order valence-corrected chi connectivity index (χ1v) is 14.8. The van der Waals surface area contributed by atoms with Crippen molar-refractivity contribution in [1.82, 2.24) is 10.6 Å². The van der Waals surface area contributed by atoms with Gasteiger partial charge in [0, 0.05) is 30.2 Å². The van der Waals surface area contributed by atoms with E-state index >= 15 is 0 Å². The minimum absolute atomic E-state index is 0. The van der Waals surface area contributed by atoms with Gasteiger partial charge in [0.2, 0.25) is 0 Å². The van der Waals surface area contributed by atoms with Gasteiger partial charge < -0.3 is 25.6 Å². The summed E-state index contributed by atoms with van der Waals surface area (Å²) in [6.07, 6.45) is 0. The average Bonchev–Trinajstić information content (AvgIpc) is 3.01. The fourth-order valence-corrected chi connectivity index (χ4v) is 8.60. The molecule has 0 unspecified atom stereocenters. The predicted octanol–water partition coefficient (Wildman–Crippen LogP) is 2.42. The first kappa shape index (κ1) is 34.4. The smallest absolute Gasteiger partial charge is 0.337 e. The number of rotatable bonds is 12. The van der Waals surface area contributed by atoms with Crippen molar-refractivity contribution in [2.45, 2.75) is 0 Å². The van der Waals surface area contributed by atoms with Gasteiger partial charge in [-0.15, -0.1) is 0 Å². The van der Waals surface area contributed by atoms with Gasteiger partial charge in [0.1, 0.15) is 28.5 Å². The zero-order chi connectivity index (χ0) is 29.5. The van der Waals surface area contributed by atoms with Gasteiger partial charge in [-0.3, -0.25) is 9.59 Å². The van der Waals surface area contributed by atoms with Crippen molar-refractivity contribution in [2.24, 2.45) is 0 Å². The van der Waals surface area contributed by atoms with Crippen molar-refractivity contribution in [3.05, 3.63) is 121 Å². The maximum atomic E-state index is 12.0. The van der Waals surface area contributed by atoms with Crippen LogP contribution in [0.1, 0.15) is 10.4 Å². The molecule has 0 fully saturated rings. The molecule has 4 aromatic carbocycles. The van der Waals surface area contributed by atoms with E-state index < -0.39 is 19.2 Å². The maximum absolute atomic E-state index is 12.0. The summed E-state index contributed by atoms with van der Waals surface area (Å²) in [7, 11) is -0.708. The molecule has 4 aromatic rings. The van der Waals surface area contributed by atoms with Gasteiger partial charge >= 0.3 is 17.9 Å². The van der Waals surface area contributed by atoms with Gasteiger partial charge in [-0.1, -0.05) is 54.6 Å². The number of carbonyl (C=O) groups is 3. The molecular weight excluding hydrogens is 603 g/mol. The first-order chi connectivity index (χ1) is 19.9. The number of aliphatic carboxylic acids is 2. The zero-order valence-electron chi connectivity index (χ0n) is 23.1. The number of hydrogen-bond donors (Lipinski definition) is 4. The van der Waals surface area contributed by atoms with E-state index in [-0.39, 0.29) is 36.1 Å². The normalized spacial score (nSPS) is 10.4. The van der Waals surface area contributed by atoms with E-state index in [2.05, 4.69) is 114 Å². The second-order valence-corrected chi connectivity index (χ2v) is 12.3. The molecule has 0 aliphatic rings. The zero-order valence-corrected chi connectivity index (χ0v) is 24.9. The molecular formula is C32H34CuN2O6P+. The fourth-order valence-electron chi connectivity index (χ4n) is 4.36. The third kappa shape index (κ3) is 9.35. The monoisotopic (exact) mass is 636 g/mol. The largest absolute Gasteiger partial charge is 0.480 e. The summed E-state index contributed by atoms with van der Waals surface area (Å²) in [5.74, 6) is -2.17. The molecule has 0 aromatic heterocycles. The van der Waals surface area contributed by atoms with E-state index in [0.717, 1.165) is 0 Å². The van der Waals surface area contributed by atoms with Crippen LogP contribution in [0.2, 0.25) is 0 Å². The Hall–Kier alpha value is -3.84. The molecule has 223 valence electrons. The molecule has 4 rings (SSSR count). The Labute approximate surface area is 256 Å². The summed E-state index contributed by atoms with van der Waals surface area (Å²) >= 11 is 0. The number of esters is 1. The van der Waals surface area contributed by atoms with Gasteiger partial charge in [-0.2, -0.15) is 0 Å². The Bertz CT molecular complexity index is 1280. The van der Waals surface area contributed by atoms with Crippen molar-refractivity contribution in [1.29, 1.82) is 0 Å². The standard InChI is InChI=1S/C26H22O2P.C6H12N2O4.Cu/c1-28-26(27)21-17-19-25(20-18-21)29(22-11-5-2-6-12-22,23-13-7-3-8-14-23)24-15-9-4-10-16-24;9-5(10)3-7-1-2-8-4-6(11)12;/h2-20H,1H3;7-8H,1-4H2,(H,9,10)(H,11,12);/q+1;;. The molecule has 42 heavy (non-hydrogen) atoms. The van der Waals surface area contributed by atoms with Gasteiger partial charge in [0.25, 0.3) is 0 Å². The van der Waals surface area contributed by atoms with Crippen molar-refractivity contribution in [2.75, 3.05) is 33.3 Å². The summed E-state index contributed by atoms with van der Waals surface area (Å²) in [5, 5.41) is 26.6. The minimum Gasteiger partial charge on any atom is -0.480 e. The molecule has 0 amide bonds. The van der Waals surface area contributed by atoms with E-state index in [1.807, 2.05) is 12.1 Å². The summed E-state index contributed by atoms with van der Waals surface area (Å²) in [5.41, 5.74) is 0.559. The van der Waals surface area contributed by atoms with E-state index in [0.29, 0.717) is 18.7 Å². The Morgan fingerprint density at radius 3 is 1.24 bits per heavy atom. The van der Waals surface area contributed by atoms with E-state index in [4.69, 9.17) is 14.9 Å². The first-order valence-electron chi connectivity index (χ1n) is 13.0. The van der Waals surface area contributed by atoms with Crippen LogP contribution in [0.25, 0.3) is 0 Å². The third-order valence-electron chi connectivity index (χ3n) is 6.14. The number of benzene rings is 4. The minimum atomic E-state index is -2.12. The van der Waals surface area contributed by atoms with Crippen LogP contribution in [0, 0.1) is 0 Å². The van der Waals surface area contributed by atoms with E-state index in [9.17, 15) is 14.4 Å². The number of nitrogens with one attached hydrogen (secondary N) is 2. The molecule has 0 heterocycles. The number of carboxylic acid groups (broad SMARTS) is 2. The summed E-state index contributed by atoms with van der Waals surface area (Å²) < 4.78 is 4.89. The average molecular weight is 637 g/mol. The molecule has 1 radical (unpaired) electrons. The Balaban J connectivity index is 0.000000405. The Kier molecular flexibility index (Phi) is 14.6. The Morgan fingerprint density at radius 2 is 0.929 bits per heavy atom. The van der Waals surface area contributed by atoms with Crippen molar-refractivity contribution < 1.29 is 46.4 Å². The molecule has 10 heteroatoms. The molecule has 0 spiro atoms. The summed E-state index contributed by atoms with van der Waals surface area (Å²) in [4.78, 5) is 31.9. The van der Waals surface area contributed by atoms with Crippen LogP contribution in [0.15, 0.2) is 115 Å². The molecule has 0 atom stereocenters. The van der Waals surface area contributed by atoms with Gasteiger partial charge in [-0.05, 0) is 60.7 Å². The molecule has 0 saturated carbocycles. The van der Waals surface area contributed by atoms with Crippen molar-refractivity contribution in [3.8, 4) is 0 Å². The molecule has 0 aliphatic heterocycles. The molecule has 0 saturated heterocycles. The maximum Gasteiger partial charge on any atom is 0.337 e. The summed E-state index contributed by atoms with van der Waals surface area (Å²) in [6, 6.07) is 39.9. The van der Waals surface area contributed by atoms with Crippen LogP contribution in [0.3, 0.4) is 0 Å². The second-order valence-electron chi connectivity index (χ2n) is 8.86. The van der Waals surface area contributed by atoms with E-state index in [1.54, 1.807) is 0 Å². The number of ether oxygens (including phenoxy) is 1. The van der Waals surface area contributed by atoms with Crippen LogP contribution >= 0.6 is 7.26 Å². The van der Waals surface area contributed by atoms with Crippen LogP contribution in [-0.4, -0.2) is 61.4 Å². The van der Waals surface area contributed by atoms with Gasteiger partial charge in [0.15, 0.2) is 0 Å². The predicted molar refractivity (Wildman–Crippen MR) is 164 cm³/mol. The van der Waals surface area contributed by atoms with Crippen LogP contribution in [0.5, 0.6) is 0 Å². The SMILES string of the molecule is COC(=O)c1ccc([P+](c2ccccc2)(c2ccccc2)c2ccccc2)cc1.O=C(O)CNCCNCC(=O)O.[Cu]. The summed E-state index contributed by atoms with van der Waals surface area (Å²) in [6.45, 7) is 0.683. The number of hydrogen-bond acceptors (Lipinski definition) is 6. The number of methoxy groups -OCH3 is 1. The molecule has 8 nitrogen and oxygen atoms in total. The Morgan fingerprint density at radius 1 is 0.595 bits per heavy atom. The molecule has 4 N–H and O–H groups in total. The van der Waals surface area contributed by atoms with Crippen LogP contribution < -0.4 is 31.9 Å². The van der Waals surface area contributed by atoms with Crippen LogP contribution in [0.4, 0.5) is 0 Å². The number of carboxylic acids is 2. The number of carbonyl (C=O) groups excluding carboxylic acids is 1. The molecule has 0 aliphatic carbocycles. The third-order valence-corrected chi connectivity index (χ3v) is 10.4. The van der Waals surface area contributed by atoms with Crippen LogP contribution in [-0.2, 0) is 31.4 Å². The van der Waals surface area contributed by atoms with Crippen molar-refractivity contribution >= 4 is 46.4 Å². The van der Waals surface area contributed by atoms with Gasteiger partial charge in [-0.25, -0.2) is 4.79 Å². The molecule has 0 bridgehead atoms.